The highest BCUT2D eigenvalue weighted by Gasteiger charge is 2.32. The third kappa shape index (κ3) is 5.19. The van der Waals surface area contributed by atoms with Crippen molar-refractivity contribution >= 4 is 49.6 Å². The molecule has 35 heavy (non-hydrogen) atoms. The van der Waals surface area contributed by atoms with Gasteiger partial charge in [0.1, 0.15) is 16.5 Å². The second kappa shape index (κ2) is 10.3. The number of thiazole rings is 1. The first kappa shape index (κ1) is 25.2. The SMILES string of the molecule is COC(=O)C1C=C(c2cc(F)c(S(=O)(=O)N(Cc3ccc(OC)cc3)c3nccs3)cc2Cl)CC1. The van der Waals surface area contributed by atoms with Crippen LogP contribution in [0.5, 0.6) is 5.75 Å². The Morgan fingerprint density at radius 2 is 2.00 bits per heavy atom. The first-order valence-electron chi connectivity index (χ1n) is 10.6. The van der Waals surface area contributed by atoms with Gasteiger partial charge in [0.25, 0.3) is 10.0 Å². The number of esters is 1. The quantitative estimate of drug-likeness (QED) is 0.363. The first-order valence-corrected chi connectivity index (χ1v) is 13.3. The maximum atomic E-state index is 15.3. The van der Waals surface area contributed by atoms with E-state index in [0.29, 0.717) is 35.3 Å². The molecule has 1 unspecified atom stereocenters. The molecule has 1 aliphatic rings. The van der Waals surface area contributed by atoms with Crippen molar-refractivity contribution in [3.05, 3.63) is 76.0 Å². The number of nitrogens with zero attached hydrogens (tertiary/aromatic N) is 2. The van der Waals surface area contributed by atoms with Crippen LogP contribution in [0.4, 0.5) is 9.52 Å². The first-order chi connectivity index (χ1) is 16.7. The Bertz CT molecular complexity index is 1360. The fourth-order valence-corrected chi connectivity index (χ4v) is 6.57. The Morgan fingerprint density at radius 3 is 2.63 bits per heavy atom. The van der Waals surface area contributed by atoms with Gasteiger partial charge in [-0.3, -0.25) is 4.79 Å². The van der Waals surface area contributed by atoms with E-state index in [-0.39, 0.29) is 22.7 Å². The van der Waals surface area contributed by atoms with Gasteiger partial charge in [0.05, 0.1) is 26.7 Å². The summed E-state index contributed by atoms with van der Waals surface area (Å²) in [6.45, 7) is -0.0649. The molecule has 0 bridgehead atoms. The Hall–Kier alpha value is -2.95. The van der Waals surface area contributed by atoms with Crippen molar-refractivity contribution < 1.29 is 27.1 Å². The highest BCUT2D eigenvalue weighted by molar-refractivity contribution is 7.93. The lowest BCUT2D eigenvalue weighted by Crippen LogP contribution is -2.31. The van der Waals surface area contributed by atoms with Crippen LogP contribution in [0.2, 0.25) is 5.02 Å². The van der Waals surface area contributed by atoms with Crippen molar-refractivity contribution in [1.29, 1.82) is 0 Å². The molecule has 0 spiro atoms. The minimum atomic E-state index is -4.36. The standard InChI is InChI=1S/C24H22ClFN2O5S2/c1-32-18-7-3-15(4-8-18)14-28(24-27-9-10-34-24)35(30,31)22-13-20(25)19(12-21(22)26)16-5-6-17(11-16)23(29)33-2/h3-4,7-13,17H,5-6,14H2,1-2H3. The third-order valence-electron chi connectivity index (χ3n) is 5.68. The fraction of sp³-hybridized carbons (Fsp3) is 0.250. The number of rotatable bonds is 8. The van der Waals surface area contributed by atoms with E-state index in [2.05, 4.69) is 4.98 Å². The predicted octanol–water partition coefficient (Wildman–Crippen LogP) is 5.31. The van der Waals surface area contributed by atoms with E-state index in [1.165, 1.54) is 20.4 Å². The average molecular weight is 537 g/mol. The molecule has 7 nitrogen and oxygen atoms in total. The number of sulfonamides is 1. The van der Waals surface area contributed by atoms with Gasteiger partial charge in [-0.25, -0.2) is 22.1 Å². The van der Waals surface area contributed by atoms with Gasteiger partial charge in [-0.05, 0) is 53.8 Å². The molecule has 0 saturated carbocycles. The van der Waals surface area contributed by atoms with Crippen molar-refractivity contribution in [2.24, 2.45) is 5.92 Å². The van der Waals surface area contributed by atoms with Crippen LogP contribution in [0.25, 0.3) is 5.57 Å². The van der Waals surface area contributed by atoms with Crippen LogP contribution >= 0.6 is 22.9 Å². The smallest absolute Gasteiger partial charge is 0.312 e. The number of halogens is 2. The van der Waals surface area contributed by atoms with Crippen molar-refractivity contribution in [1.82, 2.24) is 4.98 Å². The molecule has 0 saturated heterocycles. The molecule has 1 atom stereocenters. The summed E-state index contributed by atoms with van der Waals surface area (Å²) in [6, 6.07) is 9.10. The van der Waals surface area contributed by atoms with Crippen LogP contribution in [0.15, 0.2) is 58.9 Å². The normalized spacial score (nSPS) is 15.5. The number of hydrogen-bond acceptors (Lipinski definition) is 7. The molecule has 1 heterocycles. The van der Waals surface area contributed by atoms with E-state index in [9.17, 15) is 13.2 Å². The van der Waals surface area contributed by atoms with E-state index < -0.39 is 26.7 Å². The number of methoxy groups -OCH3 is 2. The summed E-state index contributed by atoms with van der Waals surface area (Å²) in [4.78, 5) is 15.4. The van der Waals surface area contributed by atoms with Gasteiger partial charge < -0.3 is 9.47 Å². The molecule has 0 N–H and O–H groups in total. The van der Waals surface area contributed by atoms with Gasteiger partial charge in [0, 0.05) is 16.6 Å². The molecular formula is C24H22ClFN2O5S2. The summed E-state index contributed by atoms with van der Waals surface area (Å²) in [6.07, 6.45) is 4.17. The van der Waals surface area contributed by atoms with Gasteiger partial charge in [0.2, 0.25) is 0 Å². The average Bonchev–Trinajstić information content (AvgIpc) is 3.56. The zero-order chi connectivity index (χ0) is 25.2. The maximum absolute atomic E-state index is 15.3. The molecule has 2 aromatic carbocycles. The molecule has 0 fully saturated rings. The van der Waals surface area contributed by atoms with E-state index >= 15 is 4.39 Å². The summed E-state index contributed by atoms with van der Waals surface area (Å²) >= 11 is 7.56. The topological polar surface area (TPSA) is 85.8 Å². The van der Waals surface area contributed by atoms with Crippen molar-refractivity contribution in [2.75, 3.05) is 18.5 Å². The zero-order valence-electron chi connectivity index (χ0n) is 18.9. The number of benzene rings is 2. The molecule has 0 radical (unpaired) electrons. The Labute approximate surface area is 211 Å². The molecule has 0 amide bonds. The number of hydrogen-bond donors (Lipinski definition) is 0. The Morgan fingerprint density at radius 1 is 1.26 bits per heavy atom. The minimum absolute atomic E-state index is 0.0649. The predicted molar refractivity (Wildman–Crippen MR) is 133 cm³/mol. The number of aromatic nitrogens is 1. The highest BCUT2D eigenvalue weighted by Crippen LogP contribution is 2.38. The lowest BCUT2D eigenvalue weighted by atomic mass is 10.1. The van der Waals surface area contributed by atoms with E-state index in [1.54, 1.807) is 35.7 Å². The lowest BCUT2D eigenvalue weighted by Gasteiger charge is -2.23. The highest BCUT2D eigenvalue weighted by atomic mass is 35.5. The molecule has 0 aliphatic heterocycles. The fourth-order valence-electron chi connectivity index (χ4n) is 3.86. The molecule has 184 valence electrons. The number of ether oxygens (including phenoxy) is 2. The number of carbonyl (C=O) groups excluding carboxylic acids is 1. The van der Waals surface area contributed by atoms with Crippen LogP contribution in [0.3, 0.4) is 0 Å². The third-order valence-corrected chi connectivity index (χ3v) is 8.66. The van der Waals surface area contributed by atoms with Crippen molar-refractivity contribution in [2.45, 2.75) is 24.3 Å². The maximum Gasteiger partial charge on any atom is 0.312 e. The Balaban J connectivity index is 1.71. The molecule has 11 heteroatoms. The monoisotopic (exact) mass is 536 g/mol. The van der Waals surface area contributed by atoms with Gasteiger partial charge >= 0.3 is 5.97 Å². The van der Waals surface area contributed by atoms with Crippen LogP contribution in [-0.4, -0.2) is 33.6 Å². The molecule has 4 rings (SSSR count). The molecule has 3 aromatic rings. The van der Waals surface area contributed by atoms with E-state index in [1.807, 2.05) is 0 Å². The van der Waals surface area contributed by atoms with Crippen LogP contribution in [0, 0.1) is 11.7 Å². The summed E-state index contributed by atoms with van der Waals surface area (Å²) in [7, 11) is -1.52. The van der Waals surface area contributed by atoms with Gasteiger partial charge in [-0.1, -0.05) is 29.8 Å². The second-order valence-electron chi connectivity index (χ2n) is 7.80. The summed E-state index contributed by atoms with van der Waals surface area (Å²) in [5, 5.41) is 1.91. The Kier molecular flexibility index (Phi) is 7.44. The van der Waals surface area contributed by atoms with Crippen LogP contribution in [-0.2, 0) is 26.1 Å². The zero-order valence-corrected chi connectivity index (χ0v) is 21.3. The van der Waals surface area contributed by atoms with Gasteiger partial charge in [-0.2, -0.15) is 0 Å². The van der Waals surface area contributed by atoms with E-state index in [4.69, 9.17) is 21.1 Å². The molecule has 1 aliphatic carbocycles. The van der Waals surface area contributed by atoms with Gasteiger partial charge in [-0.15, -0.1) is 11.3 Å². The van der Waals surface area contributed by atoms with E-state index in [0.717, 1.165) is 27.8 Å². The second-order valence-corrected chi connectivity index (χ2v) is 10.9. The van der Waals surface area contributed by atoms with Crippen LogP contribution in [0.1, 0.15) is 24.0 Å². The van der Waals surface area contributed by atoms with Crippen molar-refractivity contribution in [3.8, 4) is 5.75 Å². The van der Waals surface area contributed by atoms with Crippen molar-refractivity contribution in [3.63, 3.8) is 0 Å². The summed E-state index contributed by atoms with van der Waals surface area (Å²) in [5.41, 5.74) is 1.69. The number of anilines is 1. The molecule has 1 aromatic heterocycles. The minimum Gasteiger partial charge on any atom is -0.497 e. The van der Waals surface area contributed by atoms with Gasteiger partial charge in [0.15, 0.2) is 5.13 Å². The number of carbonyl (C=O) groups is 1. The largest absolute Gasteiger partial charge is 0.497 e. The number of allylic oxidation sites excluding steroid dienone is 1. The van der Waals surface area contributed by atoms with Crippen LogP contribution < -0.4 is 9.04 Å². The summed E-state index contributed by atoms with van der Waals surface area (Å²) < 4.78 is 53.6. The molecular weight excluding hydrogens is 515 g/mol. The summed E-state index contributed by atoms with van der Waals surface area (Å²) in [5.74, 6) is -1.14. The lowest BCUT2D eigenvalue weighted by molar-refractivity contribution is -0.143.